The van der Waals surface area contributed by atoms with Gasteiger partial charge >= 0.3 is 48.9 Å². The standard InChI is InChI=1S/CH2O3.Ba.H3P/c2-1(3)4;;/h(H2,2,3,4);;1H3/q;+2;/p-2. The van der Waals surface area contributed by atoms with Crippen molar-refractivity contribution in [3.63, 3.8) is 0 Å². The van der Waals surface area contributed by atoms with Crippen LogP contribution in [0.3, 0.4) is 0 Å². The Balaban J connectivity index is -0.0000000450. The van der Waals surface area contributed by atoms with Crippen LogP contribution in [0.4, 0.5) is 4.79 Å². The second-order valence-corrected chi connectivity index (χ2v) is 0.250. The summed E-state index contributed by atoms with van der Waals surface area (Å²) in [5.41, 5.74) is 0. The Hall–Kier alpha value is 1.27. The molecular formula is CH3BaO3P. The number of carbonyl (C=O) groups is 1. The van der Waals surface area contributed by atoms with E-state index in [-0.39, 0.29) is 58.8 Å². The first-order chi connectivity index (χ1) is 1.73. The zero-order valence-corrected chi connectivity index (χ0v) is 8.99. The van der Waals surface area contributed by atoms with E-state index in [1.807, 2.05) is 0 Å². The molecular weight excluding hydrogens is 228 g/mol. The van der Waals surface area contributed by atoms with Crippen molar-refractivity contribution in [2.24, 2.45) is 0 Å². The van der Waals surface area contributed by atoms with E-state index in [9.17, 15) is 0 Å². The third kappa shape index (κ3) is 59.5. The Bertz CT molecular complexity index is 33.8. The fourth-order valence-corrected chi connectivity index (χ4v) is 0. The largest absolute Gasteiger partial charge is 2.00 e. The summed E-state index contributed by atoms with van der Waals surface area (Å²) in [5, 5.41) is 16.7. The Morgan fingerprint density at radius 2 is 1.33 bits per heavy atom. The van der Waals surface area contributed by atoms with E-state index < -0.39 is 6.16 Å². The molecule has 0 aliphatic carbocycles. The molecule has 0 rings (SSSR count). The molecule has 0 aromatic carbocycles. The van der Waals surface area contributed by atoms with Crippen LogP contribution in [-0.2, 0) is 0 Å². The molecule has 6 heavy (non-hydrogen) atoms. The van der Waals surface area contributed by atoms with Gasteiger partial charge in [-0.3, -0.25) is 0 Å². The smallest absolute Gasteiger partial charge is 0.652 e. The summed E-state index contributed by atoms with van der Waals surface area (Å²) in [6, 6.07) is 0. The molecule has 0 saturated carbocycles. The summed E-state index contributed by atoms with van der Waals surface area (Å²) in [5.74, 6) is 0. The van der Waals surface area contributed by atoms with Crippen molar-refractivity contribution in [1.29, 1.82) is 0 Å². The summed E-state index contributed by atoms with van der Waals surface area (Å²) in [6.07, 6.45) is -2.33. The van der Waals surface area contributed by atoms with Crippen molar-refractivity contribution in [3.05, 3.63) is 0 Å². The van der Waals surface area contributed by atoms with Crippen molar-refractivity contribution in [3.8, 4) is 0 Å². The van der Waals surface area contributed by atoms with Gasteiger partial charge in [0.25, 0.3) is 0 Å². The molecule has 1 atom stereocenters. The van der Waals surface area contributed by atoms with Gasteiger partial charge in [-0.05, 0) is 6.16 Å². The fourth-order valence-electron chi connectivity index (χ4n) is 0. The van der Waals surface area contributed by atoms with Crippen LogP contribution in [0, 0.1) is 0 Å². The molecule has 0 spiro atoms. The summed E-state index contributed by atoms with van der Waals surface area (Å²) in [6.45, 7) is 0. The maximum atomic E-state index is 8.33. The van der Waals surface area contributed by atoms with Gasteiger partial charge in [0.1, 0.15) is 0 Å². The molecule has 5 heteroatoms. The minimum Gasteiger partial charge on any atom is -0.652 e. The second kappa shape index (κ2) is 9.55. The van der Waals surface area contributed by atoms with Crippen molar-refractivity contribution in [2.75, 3.05) is 0 Å². The summed E-state index contributed by atoms with van der Waals surface area (Å²) in [4.78, 5) is 8.33. The molecule has 0 amide bonds. The van der Waals surface area contributed by atoms with Crippen LogP contribution in [0.1, 0.15) is 0 Å². The predicted octanol–water partition coefficient (Wildman–Crippen LogP) is -2.77. The van der Waals surface area contributed by atoms with E-state index >= 15 is 0 Å². The molecule has 1 unspecified atom stereocenters. The van der Waals surface area contributed by atoms with Crippen LogP contribution in [0.2, 0.25) is 0 Å². The monoisotopic (exact) mass is 232 g/mol. The Kier molecular flexibility index (Phi) is 25.0. The molecule has 0 aliphatic rings. The van der Waals surface area contributed by atoms with Crippen LogP contribution < -0.4 is 10.2 Å². The third-order valence-corrected chi connectivity index (χ3v) is 0. The normalized spacial score (nSPS) is 4.00. The molecule has 0 aromatic rings. The molecule has 0 aromatic heterocycles. The summed E-state index contributed by atoms with van der Waals surface area (Å²) >= 11 is 0. The first-order valence-corrected chi connectivity index (χ1v) is 0.612. The number of hydrogen-bond acceptors (Lipinski definition) is 3. The maximum absolute atomic E-state index is 8.33. The minimum absolute atomic E-state index is 0. The topological polar surface area (TPSA) is 63.2 Å². The van der Waals surface area contributed by atoms with Crippen LogP contribution in [-0.4, -0.2) is 55.0 Å². The number of rotatable bonds is 0. The van der Waals surface area contributed by atoms with Gasteiger partial charge in [0, 0.05) is 0 Å². The molecule has 0 heterocycles. The number of hydrogen-bond donors (Lipinski definition) is 0. The van der Waals surface area contributed by atoms with E-state index in [1.165, 1.54) is 0 Å². The molecule has 0 radical (unpaired) electrons. The van der Waals surface area contributed by atoms with Crippen molar-refractivity contribution in [1.82, 2.24) is 0 Å². The van der Waals surface area contributed by atoms with Gasteiger partial charge in [0.2, 0.25) is 0 Å². The molecule has 3 nitrogen and oxygen atoms in total. The summed E-state index contributed by atoms with van der Waals surface area (Å²) in [7, 11) is 0. The van der Waals surface area contributed by atoms with Gasteiger partial charge in [0.15, 0.2) is 0 Å². The molecule has 0 aliphatic heterocycles. The van der Waals surface area contributed by atoms with E-state index in [1.54, 1.807) is 0 Å². The van der Waals surface area contributed by atoms with Crippen LogP contribution in [0.15, 0.2) is 0 Å². The van der Waals surface area contributed by atoms with Gasteiger partial charge in [0.05, 0.1) is 0 Å². The van der Waals surface area contributed by atoms with E-state index in [2.05, 4.69) is 0 Å². The van der Waals surface area contributed by atoms with Crippen LogP contribution in [0.5, 0.6) is 0 Å². The van der Waals surface area contributed by atoms with Crippen molar-refractivity contribution < 1.29 is 15.0 Å². The predicted molar refractivity (Wildman–Crippen MR) is 22.3 cm³/mol. The second-order valence-electron chi connectivity index (χ2n) is 0.250. The number of carbonyl (C=O) groups excluding carboxylic acids is 1. The zero-order chi connectivity index (χ0) is 3.58. The Labute approximate surface area is 78.8 Å². The average Bonchev–Trinajstić information content (AvgIpc) is 0.811. The zero-order valence-electron chi connectivity index (χ0n) is 3.14. The Morgan fingerprint density at radius 3 is 1.33 bits per heavy atom. The fraction of sp³-hybridized carbons (Fsp3) is 0. The third-order valence-electron chi connectivity index (χ3n) is 0. The van der Waals surface area contributed by atoms with Gasteiger partial charge < -0.3 is 15.0 Å². The van der Waals surface area contributed by atoms with E-state index in [0.717, 1.165) is 0 Å². The first kappa shape index (κ1) is 15.7. The molecule has 0 fully saturated rings. The number of carboxylic acid groups (broad SMARTS) is 2. The maximum Gasteiger partial charge on any atom is 2.00 e. The molecule has 32 valence electrons. The molecule has 0 bridgehead atoms. The van der Waals surface area contributed by atoms with E-state index in [4.69, 9.17) is 15.0 Å². The van der Waals surface area contributed by atoms with Crippen molar-refractivity contribution in [2.45, 2.75) is 0 Å². The quantitative estimate of drug-likeness (QED) is 0.335. The van der Waals surface area contributed by atoms with Gasteiger partial charge in [-0.15, -0.1) is 0 Å². The Morgan fingerprint density at radius 1 is 1.33 bits per heavy atom. The van der Waals surface area contributed by atoms with E-state index in [0.29, 0.717) is 0 Å². The minimum atomic E-state index is -2.33. The summed E-state index contributed by atoms with van der Waals surface area (Å²) < 4.78 is 0. The molecule has 0 N–H and O–H groups in total. The van der Waals surface area contributed by atoms with Gasteiger partial charge in [-0.1, -0.05) is 0 Å². The van der Waals surface area contributed by atoms with Gasteiger partial charge in [-0.25, -0.2) is 0 Å². The molecule has 0 saturated heterocycles. The average molecular weight is 231 g/mol. The van der Waals surface area contributed by atoms with Crippen LogP contribution >= 0.6 is 9.90 Å². The SMILES string of the molecule is O=C([O-])[O-].P.[Ba+2]. The van der Waals surface area contributed by atoms with Crippen LogP contribution in [0.25, 0.3) is 0 Å². The first-order valence-electron chi connectivity index (χ1n) is 0.612. The van der Waals surface area contributed by atoms with Gasteiger partial charge in [-0.2, -0.15) is 9.90 Å². The van der Waals surface area contributed by atoms with Crippen molar-refractivity contribution >= 4 is 64.9 Å².